The Labute approximate surface area is 96.1 Å². The van der Waals surface area contributed by atoms with E-state index in [1.165, 1.54) is 13.2 Å². The highest BCUT2D eigenvalue weighted by Gasteiger charge is 2.29. The molecule has 0 aliphatic rings. The standard InChI is InChI=1S/C13H19FO2/c1-4-5-9-13(2,15)12-10(14)7-6-8-11(12)16-3/h6-8,15H,4-5,9H2,1-3H3. The van der Waals surface area contributed by atoms with Gasteiger partial charge in [-0.2, -0.15) is 0 Å². The third-order valence-electron chi connectivity index (χ3n) is 2.75. The van der Waals surface area contributed by atoms with Crippen LogP contribution in [0.15, 0.2) is 18.2 Å². The van der Waals surface area contributed by atoms with Crippen LogP contribution in [0.5, 0.6) is 5.75 Å². The van der Waals surface area contributed by atoms with Crippen molar-refractivity contribution in [2.24, 2.45) is 0 Å². The Hall–Kier alpha value is -1.09. The van der Waals surface area contributed by atoms with E-state index in [0.717, 1.165) is 12.8 Å². The molecule has 16 heavy (non-hydrogen) atoms. The van der Waals surface area contributed by atoms with Crippen LogP contribution < -0.4 is 4.74 Å². The third-order valence-corrected chi connectivity index (χ3v) is 2.75. The molecule has 1 aromatic carbocycles. The molecule has 0 bridgehead atoms. The van der Waals surface area contributed by atoms with Crippen LogP contribution in [-0.4, -0.2) is 12.2 Å². The van der Waals surface area contributed by atoms with Gasteiger partial charge < -0.3 is 9.84 Å². The van der Waals surface area contributed by atoms with Gasteiger partial charge in [0.2, 0.25) is 0 Å². The van der Waals surface area contributed by atoms with Crippen molar-refractivity contribution in [2.75, 3.05) is 7.11 Å². The average Bonchev–Trinajstić information content (AvgIpc) is 2.25. The van der Waals surface area contributed by atoms with Crippen LogP contribution in [0.1, 0.15) is 38.7 Å². The van der Waals surface area contributed by atoms with Gasteiger partial charge in [0.1, 0.15) is 11.6 Å². The van der Waals surface area contributed by atoms with E-state index in [-0.39, 0.29) is 5.56 Å². The van der Waals surface area contributed by atoms with E-state index in [1.54, 1.807) is 19.1 Å². The normalized spacial score (nSPS) is 14.6. The zero-order valence-corrected chi connectivity index (χ0v) is 10.1. The van der Waals surface area contributed by atoms with Crippen molar-refractivity contribution < 1.29 is 14.2 Å². The molecule has 0 saturated heterocycles. The number of ether oxygens (including phenoxy) is 1. The van der Waals surface area contributed by atoms with Crippen molar-refractivity contribution >= 4 is 0 Å². The van der Waals surface area contributed by atoms with E-state index in [1.807, 2.05) is 6.92 Å². The largest absolute Gasteiger partial charge is 0.496 e. The molecule has 1 unspecified atom stereocenters. The lowest BCUT2D eigenvalue weighted by molar-refractivity contribution is 0.0391. The summed E-state index contributed by atoms with van der Waals surface area (Å²) in [4.78, 5) is 0. The van der Waals surface area contributed by atoms with Gasteiger partial charge in [-0.15, -0.1) is 0 Å². The zero-order chi connectivity index (χ0) is 12.2. The number of benzene rings is 1. The fourth-order valence-corrected chi connectivity index (χ4v) is 1.84. The molecule has 0 amide bonds. The summed E-state index contributed by atoms with van der Waals surface area (Å²) in [5.41, 5.74) is -0.918. The first kappa shape index (κ1) is 13.0. The Bertz CT molecular complexity index is 348. The van der Waals surface area contributed by atoms with Gasteiger partial charge in [-0.05, 0) is 25.5 Å². The van der Waals surface area contributed by atoms with Crippen molar-refractivity contribution in [3.05, 3.63) is 29.6 Å². The molecule has 2 nitrogen and oxygen atoms in total. The lowest BCUT2D eigenvalue weighted by atomic mass is 9.89. The number of hydrogen-bond donors (Lipinski definition) is 1. The SMILES string of the molecule is CCCCC(C)(O)c1c(F)cccc1OC. The monoisotopic (exact) mass is 226 g/mol. The number of aliphatic hydroxyl groups is 1. The maximum absolute atomic E-state index is 13.7. The Balaban J connectivity index is 3.09. The molecule has 1 atom stereocenters. The fourth-order valence-electron chi connectivity index (χ4n) is 1.84. The van der Waals surface area contributed by atoms with Crippen LogP contribution in [0.2, 0.25) is 0 Å². The second-order valence-corrected chi connectivity index (χ2v) is 4.19. The van der Waals surface area contributed by atoms with Crippen molar-refractivity contribution in [3.63, 3.8) is 0 Å². The van der Waals surface area contributed by atoms with Gasteiger partial charge >= 0.3 is 0 Å². The van der Waals surface area contributed by atoms with Crippen LogP contribution in [0.25, 0.3) is 0 Å². The molecule has 90 valence electrons. The highest BCUT2D eigenvalue weighted by Crippen LogP contribution is 2.35. The predicted molar refractivity (Wildman–Crippen MR) is 62.0 cm³/mol. The summed E-state index contributed by atoms with van der Waals surface area (Å²) >= 11 is 0. The summed E-state index contributed by atoms with van der Waals surface area (Å²) in [5.74, 6) is -0.0124. The first-order chi connectivity index (χ1) is 7.53. The Morgan fingerprint density at radius 3 is 2.69 bits per heavy atom. The van der Waals surface area contributed by atoms with E-state index >= 15 is 0 Å². The summed E-state index contributed by atoms with van der Waals surface area (Å²) in [5, 5.41) is 10.3. The molecule has 0 aliphatic heterocycles. The predicted octanol–water partition coefficient (Wildman–Crippen LogP) is 3.23. The van der Waals surface area contributed by atoms with E-state index in [2.05, 4.69) is 0 Å². The maximum Gasteiger partial charge on any atom is 0.133 e. The summed E-state index contributed by atoms with van der Waals surface area (Å²) in [6.45, 7) is 3.66. The van der Waals surface area contributed by atoms with Crippen molar-refractivity contribution in [1.82, 2.24) is 0 Å². The molecular weight excluding hydrogens is 207 g/mol. The Kier molecular flexibility index (Phi) is 4.30. The average molecular weight is 226 g/mol. The second kappa shape index (κ2) is 5.30. The van der Waals surface area contributed by atoms with Crippen LogP contribution in [-0.2, 0) is 5.60 Å². The van der Waals surface area contributed by atoms with E-state index in [0.29, 0.717) is 12.2 Å². The molecule has 0 saturated carbocycles. The van der Waals surface area contributed by atoms with Gasteiger partial charge in [-0.3, -0.25) is 0 Å². The van der Waals surface area contributed by atoms with Crippen LogP contribution in [0.3, 0.4) is 0 Å². The van der Waals surface area contributed by atoms with Gasteiger partial charge in [0.25, 0.3) is 0 Å². The minimum atomic E-state index is -1.17. The molecule has 0 spiro atoms. The van der Waals surface area contributed by atoms with Crippen molar-refractivity contribution in [2.45, 2.75) is 38.7 Å². The first-order valence-corrected chi connectivity index (χ1v) is 5.58. The molecular formula is C13H19FO2. The molecule has 0 aliphatic carbocycles. The molecule has 0 aromatic heterocycles. The van der Waals surface area contributed by atoms with Gasteiger partial charge in [-0.25, -0.2) is 4.39 Å². The minimum absolute atomic E-state index is 0.256. The highest BCUT2D eigenvalue weighted by molar-refractivity contribution is 5.38. The summed E-state index contributed by atoms with van der Waals surface area (Å²) in [7, 11) is 1.48. The van der Waals surface area contributed by atoms with Crippen molar-refractivity contribution in [3.8, 4) is 5.75 Å². The van der Waals surface area contributed by atoms with E-state index in [4.69, 9.17) is 4.74 Å². The van der Waals surface area contributed by atoms with Crippen LogP contribution in [0.4, 0.5) is 4.39 Å². The Morgan fingerprint density at radius 1 is 1.44 bits per heavy atom. The van der Waals surface area contributed by atoms with E-state index < -0.39 is 11.4 Å². The molecule has 1 N–H and O–H groups in total. The topological polar surface area (TPSA) is 29.5 Å². The van der Waals surface area contributed by atoms with Gasteiger partial charge in [0, 0.05) is 0 Å². The number of methoxy groups -OCH3 is 1. The molecule has 3 heteroatoms. The van der Waals surface area contributed by atoms with Crippen LogP contribution >= 0.6 is 0 Å². The maximum atomic E-state index is 13.7. The van der Waals surface area contributed by atoms with Gasteiger partial charge in [0.15, 0.2) is 0 Å². The van der Waals surface area contributed by atoms with Gasteiger partial charge in [0.05, 0.1) is 18.3 Å². The summed E-state index contributed by atoms with van der Waals surface area (Å²) in [6.07, 6.45) is 2.35. The highest BCUT2D eigenvalue weighted by atomic mass is 19.1. The first-order valence-electron chi connectivity index (χ1n) is 5.58. The zero-order valence-electron chi connectivity index (χ0n) is 10.1. The molecule has 0 radical (unpaired) electrons. The van der Waals surface area contributed by atoms with Crippen molar-refractivity contribution in [1.29, 1.82) is 0 Å². The fraction of sp³-hybridized carbons (Fsp3) is 0.538. The smallest absolute Gasteiger partial charge is 0.133 e. The third kappa shape index (κ3) is 2.73. The molecule has 1 rings (SSSR count). The number of unbranched alkanes of at least 4 members (excludes halogenated alkanes) is 1. The molecule has 0 heterocycles. The van der Waals surface area contributed by atoms with Gasteiger partial charge in [-0.1, -0.05) is 25.8 Å². The lowest BCUT2D eigenvalue weighted by Gasteiger charge is -2.26. The van der Waals surface area contributed by atoms with E-state index in [9.17, 15) is 9.50 Å². The number of halogens is 1. The second-order valence-electron chi connectivity index (χ2n) is 4.19. The Morgan fingerprint density at radius 2 is 2.12 bits per heavy atom. The summed E-state index contributed by atoms with van der Waals surface area (Å²) < 4.78 is 18.8. The quantitative estimate of drug-likeness (QED) is 0.835. The number of rotatable bonds is 5. The molecule has 1 aromatic rings. The summed E-state index contributed by atoms with van der Waals surface area (Å²) in [6, 6.07) is 4.59. The number of hydrogen-bond acceptors (Lipinski definition) is 2. The molecule has 0 fully saturated rings. The lowest BCUT2D eigenvalue weighted by Crippen LogP contribution is -2.23. The van der Waals surface area contributed by atoms with Crippen LogP contribution in [0, 0.1) is 5.82 Å². The minimum Gasteiger partial charge on any atom is -0.496 e.